The lowest BCUT2D eigenvalue weighted by Gasteiger charge is -2.55. The van der Waals surface area contributed by atoms with E-state index in [1.165, 1.54) is 7.05 Å². The van der Waals surface area contributed by atoms with Crippen molar-refractivity contribution in [2.75, 3.05) is 42.3 Å². The van der Waals surface area contributed by atoms with Crippen LogP contribution < -0.4 is 36.5 Å². The largest absolute Gasteiger partial charge is 0.478 e. The van der Waals surface area contributed by atoms with Crippen LogP contribution in [0.4, 0.5) is 23.1 Å². The molecule has 4 aromatic heterocycles. The van der Waals surface area contributed by atoms with Gasteiger partial charge in [0.05, 0.1) is 35.2 Å². The lowest BCUT2D eigenvalue weighted by molar-refractivity contribution is -0.134. The summed E-state index contributed by atoms with van der Waals surface area (Å²) in [7, 11) is 3.39. The van der Waals surface area contributed by atoms with Gasteiger partial charge in [-0.15, -0.1) is 0 Å². The van der Waals surface area contributed by atoms with Gasteiger partial charge in [-0.2, -0.15) is 10.1 Å². The molecule has 1 spiro atoms. The van der Waals surface area contributed by atoms with Crippen LogP contribution in [-0.2, 0) is 21.4 Å². The molecule has 1 saturated carbocycles. The fraction of sp³-hybridized carbons (Fsp3) is 0.450. The SMILES string of the molecule is CNC(=O)COc1cc2cc(Nc3nc(N4CC5(CC[C@H](Nc6ccc7c(C8CCC(=O)NC8=O)nn(C)c7c6)[C@H](C)C5)C4)ncc3Cl)cnc2n(C(C)C)c1=O. The van der Waals surface area contributed by atoms with E-state index in [1.807, 2.05) is 37.7 Å². The van der Waals surface area contributed by atoms with Gasteiger partial charge in [0.1, 0.15) is 10.7 Å². The lowest BCUT2D eigenvalue weighted by atomic mass is 9.64. The van der Waals surface area contributed by atoms with Gasteiger partial charge >= 0.3 is 0 Å². The van der Waals surface area contributed by atoms with Crippen molar-refractivity contribution in [1.82, 2.24) is 39.9 Å². The quantitative estimate of drug-likeness (QED) is 0.142. The van der Waals surface area contributed by atoms with Gasteiger partial charge in [0, 0.05) is 67.6 Å². The van der Waals surface area contributed by atoms with Crippen LogP contribution in [-0.4, -0.2) is 79.8 Å². The number of halogens is 1. The van der Waals surface area contributed by atoms with Crippen molar-refractivity contribution in [3.05, 3.63) is 63.8 Å². The molecule has 4 N–H and O–H groups in total. The number of anilines is 4. The number of carbonyl (C=O) groups is 3. The Kier molecular flexibility index (Phi) is 10.0. The van der Waals surface area contributed by atoms with Gasteiger partial charge in [0.25, 0.3) is 11.5 Å². The minimum atomic E-state index is -0.434. The highest BCUT2D eigenvalue weighted by atomic mass is 35.5. The third-order valence-electron chi connectivity index (χ3n) is 11.6. The minimum Gasteiger partial charge on any atom is -0.478 e. The van der Waals surface area contributed by atoms with E-state index in [9.17, 15) is 19.2 Å². The Morgan fingerprint density at radius 1 is 1.09 bits per heavy atom. The molecule has 5 aromatic rings. The lowest BCUT2D eigenvalue weighted by Crippen LogP contribution is -2.60. The number of aryl methyl sites for hydroxylation is 1. The zero-order valence-corrected chi connectivity index (χ0v) is 33.3. The fourth-order valence-corrected chi connectivity index (χ4v) is 8.82. The number of amides is 3. The number of pyridine rings is 2. The monoisotopic (exact) mass is 795 g/mol. The molecule has 6 heterocycles. The Morgan fingerprint density at radius 2 is 1.89 bits per heavy atom. The number of piperidine rings is 1. The molecule has 3 aliphatic rings. The summed E-state index contributed by atoms with van der Waals surface area (Å²) in [6, 6.07) is 9.72. The fourth-order valence-electron chi connectivity index (χ4n) is 8.68. The van der Waals surface area contributed by atoms with E-state index in [2.05, 4.69) is 55.2 Å². The number of hydrogen-bond donors (Lipinski definition) is 4. The summed E-state index contributed by atoms with van der Waals surface area (Å²) in [4.78, 5) is 65.5. The van der Waals surface area contributed by atoms with Crippen LogP contribution in [0.3, 0.4) is 0 Å². The number of carbonyl (C=O) groups excluding carboxylic acids is 3. The van der Waals surface area contributed by atoms with Crippen molar-refractivity contribution in [3.8, 4) is 5.75 Å². The maximum Gasteiger partial charge on any atom is 0.294 e. The summed E-state index contributed by atoms with van der Waals surface area (Å²) in [5.41, 5.74) is 3.57. The van der Waals surface area contributed by atoms with Gasteiger partial charge in [0.15, 0.2) is 18.2 Å². The molecule has 3 amide bonds. The minimum absolute atomic E-state index is 0.0558. The highest BCUT2D eigenvalue weighted by Gasteiger charge is 2.48. The van der Waals surface area contributed by atoms with Gasteiger partial charge < -0.3 is 25.6 Å². The van der Waals surface area contributed by atoms with Gasteiger partial charge in [-0.25, -0.2) is 9.97 Å². The molecule has 298 valence electrons. The molecule has 1 unspecified atom stereocenters. The van der Waals surface area contributed by atoms with Crippen LogP contribution in [0.25, 0.3) is 21.9 Å². The number of nitrogens with zero attached hydrogens (tertiary/aromatic N) is 7. The third kappa shape index (κ3) is 7.33. The number of imide groups is 1. The van der Waals surface area contributed by atoms with E-state index >= 15 is 0 Å². The van der Waals surface area contributed by atoms with Crippen LogP contribution >= 0.6 is 11.6 Å². The van der Waals surface area contributed by atoms with Crippen LogP contribution in [0.5, 0.6) is 5.75 Å². The number of aromatic nitrogens is 6. The van der Waals surface area contributed by atoms with E-state index in [0.29, 0.717) is 64.0 Å². The Balaban J connectivity index is 0.918. The van der Waals surface area contributed by atoms with Crippen molar-refractivity contribution in [2.45, 2.75) is 70.9 Å². The number of hydrogen-bond acceptors (Lipinski definition) is 12. The maximum atomic E-state index is 13.2. The standard InChI is InChI=1S/C40H46ClN11O5/c1-21(2)52-36-23(13-31(38(52)56)57-18-33(54)42-4)12-25(16-43-36)46-35-28(41)17-44-39(48-35)51-19-40(20-51)11-10-29(22(3)15-40)45-24-6-7-26-30(14-24)50(5)49-34(26)27-8-9-32(53)47-37(27)55/h6-7,12-14,16-17,21-22,27,29,45H,8-11,15,18-20H2,1-5H3,(H,42,54)(H,44,46,48)(H,47,53,55)/t22-,27?,29+/m1/s1. The highest BCUT2D eigenvalue weighted by Crippen LogP contribution is 2.48. The van der Waals surface area contributed by atoms with Crippen molar-refractivity contribution >= 4 is 74.4 Å². The van der Waals surface area contributed by atoms with E-state index in [-0.39, 0.29) is 47.1 Å². The maximum absolute atomic E-state index is 13.2. The zero-order chi connectivity index (χ0) is 40.2. The second-order valence-corrected chi connectivity index (χ2v) is 16.3. The number of likely N-dealkylation sites (N-methyl/N-ethyl adjacent to an activating group) is 1. The molecule has 3 atom stereocenters. The Morgan fingerprint density at radius 3 is 2.63 bits per heavy atom. The Labute approximate surface area is 333 Å². The van der Waals surface area contributed by atoms with E-state index in [4.69, 9.17) is 26.4 Å². The molecule has 0 bridgehead atoms. The average Bonchev–Trinajstić information content (AvgIpc) is 3.49. The summed E-state index contributed by atoms with van der Waals surface area (Å²) < 4.78 is 8.95. The predicted molar refractivity (Wildman–Crippen MR) is 217 cm³/mol. The normalized spacial score (nSPS) is 20.5. The van der Waals surface area contributed by atoms with Gasteiger partial charge in [0.2, 0.25) is 17.8 Å². The van der Waals surface area contributed by atoms with Gasteiger partial charge in [-0.3, -0.25) is 33.7 Å². The van der Waals surface area contributed by atoms with Gasteiger partial charge in [-0.1, -0.05) is 18.5 Å². The number of fused-ring (bicyclic) bond motifs is 2. The average molecular weight is 796 g/mol. The van der Waals surface area contributed by atoms with E-state index in [1.54, 1.807) is 23.0 Å². The van der Waals surface area contributed by atoms with Gasteiger partial charge in [-0.05, 0) is 75.8 Å². The molecule has 1 aliphatic carbocycles. The predicted octanol–water partition coefficient (Wildman–Crippen LogP) is 4.80. The first kappa shape index (κ1) is 38.1. The molecule has 16 nitrogen and oxygen atoms in total. The van der Waals surface area contributed by atoms with Crippen LogP contribution in [0, 0.1) is 11.3 Å². The first-order valence-corrected chi connectivity index (χ1v) is 19.7. The van der Waals surface area contributed by atoms with Crippen LogP contribution in [0.1, 0.15) is 70.5 Å². The number of rotatable bonds is 10. The second-order valence-electron chi connectivity index (χ2n) is 15.9. The molecule has 3 fully saturated rings. The molecule has 1 aromatic carbocycles. The second kappa shape index (κ2) is 15.0. The zero-order valence-electron chi connectivity index (χ0n) is 32.6. The summed E-state index contributed by atoms with van der Waals surface area (Å²) in [6.45, 7) is 7.49. The summed E-state index contributed by atoms with van der Waals surface area (Å²) in [5, 5.41) is 18.6. The van der Waals surface area contributed by atoms with E-state index < -0.39 is 5.92 Å². The third-order valence-corrected chi connectivity index (χ3v) is 11.8. The highest BCUT2D eigenvalue weighted by molar-refractivity contribution is 6.33. The number of ether oxygens (including phenoxy) is 1. The molecule has 0 radical (unpaired) electrons. The molecule has 57 heavy (non-hydrogen) atoms. The number of benzene rings is 1. The topological polar surface area (TPSA) is 190 Å². The Hall–Kier alpha value is -5.77. The van der Waals surface area contributed by atoms with Crippen molar-refractivity contribution in [2.24, 2.45) is 18.4 Å². The molecule has 8 rings (SSSR count). The summed E-state index contributed by atoms with van der Waals surface area (Å²) in [6.07, 6.45) is 7.16. The van der Waals surface area contributed by atoms with Crippen molar-refractivity contribution in [1.29, 1.82) is 0 Å². The Bertz CT molecular complexity index is 2480. The van der Waals surface area contributed by atoms with Crippen LogP contribution in [0.2, 0.25) is 5.02 Å². The summed E-state index contributed by atoms with van der Waals surface area (Å²) in [5.74, 6) is 0.213. The molecular weight excluding hydrogens is 750 g/mol. The van der Waals surface area contributed by atoms with E-state index in [0.717, 1.165) is 48.9 Å². The smallest absolute Gasteiger partial charge is 0.294 e. The van der Waals surface area contributed by atoms with Crippen molar-refractivity contribution in [3.63, 3.8) is 0 Å². The molecule has 2 saturated heterocycles. The van der Waals surface area contributed by atoms with Crippen LogP contribution in [0.15, 0.2) is 47.5 Å². The molecule has 2 aliphatic heterocycles. The summed E-state index contributed by atoms with van der Waals surface area (Å²) >= 11 is 6.59. The molecule has 17 heteroatoms. The number of nitrogens with one attached hydrogen (secondary N) is 4. The first-order valence-electron chi connectivity index (χ1n) is 19.3. The molecular formula is C40H46ClN11O5. The van der Waals surface area contributed by atoms with Crippen molar-refractivity contribution < 1.29 is 19.1 Å². The first-order chi connectivity index (χ1) is 27.3.